The van der Waals surface area contributed by atoms with Crippen LogP contribution in [0, 0.1) is 0 Å². The zero-order chi connectivity index (χ0) is 12.3. The van der Waals surface area contributed by atoms with Gasteiger partial charge >= 0.3 is 0 Å². The molecule has 5 nitrogen and oxygen atoms in total. The first-order valence-corrected chi connectivity index (χ1v) is 5.28. The summed E-state index contributed by atoms with van der Waals surface area (Å²) in [5, 5.41) is 3.84. The van der Waals surface area contributed by atoms with Crippen molar-refractivity contribution in [3.8, 4) is 22.8 Å². The molecule has 0 bridgehead atoms. The molecule has 0 saturated carbocycles. The van der Waals surface area contributed by atoms with E-state index in [1.54, 1.807) is 13.2 Å². The lowest BCUT2D eigenvalue weighted by Gasteiger charge is -2.09. The number of hydrogen-bond donors (Lipinski definition) is 1. The topological polar surface area (TPSA) is 70.5 Å². The molecule has 17 heavy (non-hydrogen) atoms. The molecule has 2 aromatic rings. The summed E-state index contributed by atoms with van der Waals surface area (Å²) in [6.07, 6.45) is 0. The van der Waals surface area contributed by atoms with Crippen molar-refractivity contribution in [3.05, 3.63) is 24.3 Å². The minimum atomic E-state index is 0.285. The lowest BCUT2D eigenvalue weighted by molar-refractivity contribution is 0.311. The van der Waals surface area contributed by atoms with Gasteiger partial charge in [0.15, 0.2) is 11.5 Å². The first-order valence-electron chi connectivity index (χ1n) is 5.28. The van der Waals surface area contributed by atoms with E-state index in [2.05, 4.69) is 5.16 Å². The van der Waals surface area contributed by atoms with Gasteiger partial charge in [0, 0.05) is 11.6 Å². The molecule has 0 saturated heterocycles. The third-order valence-electron chi connectivity index (χ3n) is 2.29. The molecule has 1 aromatic carbocycles. The molecule has 0 unspecified atom stereocenters. The highest BCUT2D eigenvalue weighted by Gasteiger charge is 2.09. The van der Waals surface area contributed by atoms with E-state index in [4.69, 9.17) is 19.7 Å². The molecule has 0 aliphatic rings. The molecule has 0 spiro atoms. The zero-order valence-corrected chi connectivity index (χ0v) is 9.77. The second-order valence-electron chi connectivity index (χ2n) is 3.41. The highest BCUT2D eigenvalue weighted by molar-refractivity contribution is 5.65. The Labute approximate surface area is 99.1 Å². The van der Waals surface area contributed by atoms with E-state index >= 15 is 0 Å². The molecule has 0 radical (unpaired) electrons. The monoisotopic (exact) mass is 234 g/mol. The van der Waals surface area contributed by atoms with Crippen molar-refractivity contribution in [2.24, 2.45) is 0 Å². The van der Waals surface area contributed by atoms with Gasteiger partial charge in [0.25, 0.3) is 0 Å². The maximum atomic E-state index is 5.48. The van der Waals surface area contributed by atoms with Crippen LogP contribution in [0.25, 0.3) is 11.3 Å². The van der Waals surface area contributed by atoms with E-state index in [0.29, 0.717) is 23.8 Å². The summed E-state index contributed by atoms with van der Waals surface area (Å²) in [5.41, 5.74) is 7.02. The SMILES string of the molecule is CCOc1ccc(-c2cc(N)on2)cc1OC. The number of nitrogens with two attached hydrogens (primary N) is 1. The molecule has 2 N–H and O–H groups in total. The Morgan fingerprint density at radius 1 is 1.29 bits per heavy atom. The maximum Gasteiger partial charge on any atom is 0.222 e. The van der Waals surface area contributed by atoms with Crippen LogP contribution >= 0.6 is 0 Å². The summed E-state index contributed by atoms with van der Waals surface area (Å²) in [5.74, 6) is 1.65. The molecule has 0 fully saturated rings. The molecule has 5 heteroatoms. The van der Waals surface area contributed by atoms with Gasteiger partial charge in [0.05, 0.1) is 13.7 Å². The number of methoxy groups -OCH3 is 1. The second-order valence-corrected chi connectivity index (χ2v) is 3.41. The van der Waals surface area contributed by atoms with Crippen LogP contribution in [0.15, 0.2) is 28.8 Å². The van der Waals surface area contributed by atoms with E-state index in [-0.39, 0.29) is 5.88 Å². The molecule has 2 rings (SSSR count). The summed E-state index contributed by atoms with van der Waals surface area (Å²) in [4.78, 5) is 0. The molecule has 1 heterocycles. The second kappa shape index (κ2) is 4.78. The van der Waals surface area contributed by atoms with E-state index in [1.165, 1.54) is 0 Å². The quantitative estimate of drug-likeness (QED) is 0.879. The normalized spacial score (nSPS) is 10.2. The summed E-state index contributed by atoms with van der Waals surface area (Å²) in [6.45, 7) is 2.51. The number of ether oxygens (including phenoxy) is 2. The maximum absolute atomic E-state index is 5.48. The molecular weight excluding hydrogens is 220 g/mol. The minimum absolute atomic E-state index is 0.285. The van der Waals surface area contributed by atoms with Crippen LogP contribution in [0.1, 0.15) is 6.92 Å². The highest BCUT2D eigenvalue weighted by atomic mass is 16.5. The first-order chi connectivity index (χ1) is 8.24. The van der Waals surface area contributed by atoms with Gasteiger partial charge in [-0.1, -0.05) is 5.16 Å². The Kier molecular flexibility index (Phi) is 3.18. The molecule has 1 aromatic heterocycles. The number of hydrogen-bond acceptors (Lipinski definition) is 5. The number of nitrogens with zero attached hydrogens (tertiary/aromatic N) is 1. The number of anilines is 1. The van der Waals surface area contributed by atoms with Crippen LogP contribution in [-0.4, -0.2) is 18.9 Å². The molecule has 0 atom stereocenters. The number of benzene rings is 1. The lowest BCUT2D eigenvalue weighted by atomic mass is 10.1. The van der Waals surface area contributed by atoms with Gasteiger partial charge in [-0.05, 0) is 25.1 Å². The largest absolute Gasteiger partial charge is 0.493 e. The van der Waals surface area contributed by atoms with Crippen molar-refractivity contribution < 1.29 is 14.0 Å². The third kappa shape index (κ3) is 2.33. The predicted molar refractivity (Wildman–Crippen MR) is 64.1 cm³/mol. The van der Waals surface area contributed by atoms with Gasteiger partial charge in [0.2, 0.25) is 5.88 Å². The predicted octanol–water partition coefficient (Wildman–Crippen LogP) is 2.33. The van der Waals surface area contributed by atoms with Crippen LogP contribution in [0.5, 0.6) is 11.5 Å². The van der Waals surface area contributed by atoms with Crippen LogP contribution in [-0.2, 0) is 0 Å². The Hall–Kier alpha value is -2.17. The standard InChI is InChI=1S/C12H14N2O3/c1-3-16-10-5-4-8(6-11(10)15-2)9-7-12(13)17-14-9/h4-7H,3,13H2,1-2H3. The van der Waals surface area contributed by atoms with Crippen LogP contribution < -0.4 is 15.2 Å². The summed E-state index contributed by atoms with van der Waals surface area (Å²) >= 11 is 0. The highest BCUT2D eigenvalue weighted by Crippen LogP contribution is 2.32. The van der Waals surface area contributed by atoms with Gasteiger partial charge < -0.3 is 19.7 Å². The van der Waals surface area contributed by atoms with Crippen LogP contribution in [0.3, 0.4) is 0 Å². The summed E-state index contributed by atoms with van der Waals surface area (Å²) < 4.78 is 15.5. The van der Waals surface area contributed by atoms with Gasteiger partial charge in [-0.3, -0.25) is 0 Å². The van der Waals surface area contributed by atoms with Gasteiger partial charge in [-0.2, -0.15) is 0 Å². The minimum Gasteiger partial charge on any atom is -0.493 e. The fourth-order valence-electron chi connectivity index (χ4n) is 1.53. The fraction of sp³-hybridized carbons (Fsp3) is 0.250. The third-order valence-corrected chi connectivity index (χ3v) is 2.29. The number of rotatable bonds is 4. The summed E-state index contributed by atoms with van der Waals surface area (Å²) in [7, 11) is 1.60. The summed E-state index contributed by atoms with van der Waals surface area (Å²) in [6, 6.07) is 7.21. The van der Waals surface area contributed by atoms with E-state index in [9.17, 15) is 0 Å². The number of nitrogen functional groups attached to an aromatic ring is 1. The van der Waals surface area contributed by atoms with Crippen molar-refractivity contribution in [2.75, 3.05) is 19.5 Å². The van der Waals surface area contributed by atoms with Gasteiger partial charge in [-0.15, -0.1) is 0 Å². The van der Waals surface area contributed by atoms with E-state index in [1.807, 2.05) is 25.1 Å². The smallest absolute Gasteiger partial charge is 0.222 e. The lowest BCUT2D eigenvalue weighted by Crippen LogP contribution is -1.95. The van der Waals surface area contributed by atoms with Crippen molar-refractivity contribution in [3.63, 3.8) is 0 Å². The molecular formula is C12H14N2O3. The van der Waals surface area contributed by atoms with Crippen molar-refractivity contribution >= 4 is 5.88 Å². The van der Waals surface area contributed by atoms with Gasteiger partial charge in [-0.25, -0.2) is 0 Å². The van der Waals surface area contributed by atoms with Crippen molar-refractivity contribution in [1.82, 2.24) is 5.16 Å². The average molecular weight is 234 g/mol. The molecule has 0 aliphatic heterocycles. The zero-order valence-electron chi connectivity index (χ0n) is 9.77. The van der Waals surface area contributed by atoms with Crippen LogP contribution in [0.4, 0.5) is 5.88 Å². The Balaban J connectivity index is 2.37. The Morgan fingerprint density at radius 2 is 2.12 bits per heavy atom. The van der Waals surface area contributed by atoms with Crippen molar-refractivity contribution in [1.29, 1.82) is 0 Å². The fourth-order valence-corrected chi connectivity index (χ4v) is 1.53. The van der Waals surface area contributed by atoms with E-state index < -0.39 is 0 Å². The molecule has 0 amide bonds. The Morgan fingerprint density at radius 3 is 2.71 bits per heavy atom. The van der Waals surface area contributed by atoms with E-state index in [0.717, 1.165) is 5.56 Å². The first kappa shape index (κ1) is 11.3. The molecule has 90 valence electrons. The van der Waals surface area contributed by atoms with Crippen LogP contribution in [0.2, 0.25) is 0 Å². The Bertz CT molecular complexity index is 508. The average Bonchev–Trinajstić information content (AvgIpc) is 2.77. The van der Waals surface area contributed by atoms with Gasteiger partial charge in [0.1, 0.15) is 5.69 Å². The number of aromatic nitrogens is 1. The molecule has 0 aliphatic carbocycles. The van der Waals surface area contributed by atoms with Crippen molar-refractivity contribution in [2.45, 2.75) is 6.92 Å².